The molecule has 184 valence electrons. The number of nitrogens with one attached hydrogen (secondary N) is 1. The quantitative estimate of drug-likeness (QED) is 0.559. The second-order valence-corrected chi connectivity index (χ2v) is 10.1. The molecule has 3 aromatic rings. The summed E-state index contributed by atoms with van der Waals surface area (Å²) < 4.78 is 67.4. The molecule has 4 heterocycles. The van der Waals surface area contributed by atoms with E-state index in [4.69, 9.17) is 0 Å². The molecule has 1 aliphatic rings. The molecule has 0 bridgehead atoms. The Bertz CT molecular complexity index is 1390. The number of aromatic nitrogens is 5. The van der Waals surface area contributed by atoms with E-state index in [1.807, 2.05) is 6.07 Å². The van der Waals surface area contributed by atoms with Crippen LogP contribution in [0.5, 0.6) is 0 Å². The van der Waals surface area contributed by atoms with Gasteiger partial charge >= 0.3 is 6.18 Å². The summed E-state index contributed by atoms with van der Waals surface area (Å²) in [5, 5.41) is 12.2. The number of hydrogen-bond acceptors (Lipinski definition) is 8. The second-order valence-electron chi connectivity index (χ2n) is 8.12. The normalized spacial score (nSPS) is 15.7. The smallest absolute Gasteiger partial charge is 0.351 e. The maximum absolute atomic E-state index is 13.7. The number of piperidine rings is 1. The van der Waals surface area contributed by atoms with E-state index in [9.17, 15) is 26.9 Å². The van der Waals surface area contributed by atoms with Gasteiger partial charge in [0.15, 0.2) is 0 Å². The van der Waals surface area contributed by atoms with Crippen LogP contribution in [-0.4, -0.2) is 62.6 Å². The van der Waals surface area contributed by atoms with Crippen molar-refractivity contribution in [2.24, 2.45) is 0 Å². The van der Waals surface area contributed by atoms with Crippen LogP contribution in [0.3, 0.4) is 0 Å². The van der Waals surface area contributed by atoms with E-state index >= 15 is 0 Å². The summed E-state index contributed by atoms with van der Waals surface area (Å²) in [5.41, 5.74) is -0.151. The molecule has 10 nitrogen and oxygen atoms in total. The summed E-state index contributed by atoms with van der Waals surface area (Å²) in [4.78, 5) is 16.1. The molecule has 0 radical (unpaired) electrons. The summed E-state index contributed by atoms with van der Waals surface area (Å²) >= 11 is 0. The zero-order valence-electron chi connectivity index (χ0n) is 18.8. The number of anilines is 1. The zero-order valence-corrected chi connectivity index (χ0v) is 19.6. The zero-order chi connectivity index (χ0) is 25.4. The van der Waals surface area contributed by atoms with E-state index in [1.165, 1.54) is 27.6 Å². The highest BCUT2D eigenvalue weighted by atomic mass is 32.2. The number of pyridine rings is 1. The molecular weight excluding hydrogens is 485 g/mol. The van der Waals surface area contributed by atoms with Gasteiger partial charge < -0.3 is 9.88 Å². The minimum atomic E-state index is -4.71. The highest BCUT2D eigenvalue weighted by molar-refractivity contribution is 7.88. The number of rotatable bonds is 5. The number of nitriles is 1. The fourth-order valence-electron chi connectivity index (χ4n) is 3.86. The second kappa shape index (κ2) is 9.23. The monoisotopic (exact) mass is 506 g/mol. The molecule has 14 heteroatoms. The fourth-order valence-corrected chi connectivity index (χ4v) is 4.74. The first kappa shape index (κ1) is 24.6. The highest BCUT2D eigenvalue weighted by Gasteiger charge is 2.36. The topological polar surface area (TPSA) is 130 Å². The van der Waals surface area contributed by atoms with Gasteiger partial charge in [0.2, 0.25) is 16.0 Å². The van der Waals surface area contributed by atoms with Crippen LogP contribution in [0.1, 0.15) is 29.7 Å². The molecule has 1 N–H and O–H groups in total. The van der Waals surface area contributed by atoms with Gasteiger partial charge in [-0.25, -0.2) is 32.7 Å². The van der Waals surface area contributed by atoms with Gasteiger partial charge in [-0.1, -0.05) is 0 Å². The van der Waals surface area contributed by atoms with E-state index in [0.717, 1.165) is 6.26 Å². The van der Waals surface area contributed by atoms with Gasteiger partial charge in [-0.2, -0.15) is 18.4 Å². The number of hydrogen-bond donors (Lipinski definition) is 1. The van der Waals surface area contributed by atoms with Gasteiger partial charge in [-0.15, -0.1) is 0 Å². The number of sulfonamides is 1. The van der Waals surface area contributed by atoms with E-state index in [0.29, 0.717) is 43.4 Å². The molecule has 0 spiro atoms. The Morgan fingerprint density at radius 1 is 1.20 bits per heavy atom. The largest absolute Gasteiger partial charge is 0.420 e. The van der Waals surface area contributed by atoms with Gasteiger partial charge in [0.05, 0.1) is 18.3 Å². The van der Waals surface area contributed by atoms with Crippen LogP contribution < -0.4 is 5.32 Å². The average Bonchev–Trinajstić information content (AvgIpc) is 3.28. The van der Waals surface area contributed by atoms with Crippen LogP contribution in [-0.2, 0) is 16.2 Å². The Kier molecular flexibility index (Phi) is 6.48. The summed E-state index contributed by atoms with van der Waals surface area (Å²) in [6, 6.07) is 3.40. The maximum Gasteiger partial charge on any atom is 0.420 e. The molecule has 0 atom stereocenters. The Hall–Kier alpha value is -3.57. The predicted molar refractivity (Wildman–Crippen MR) is 120 cm³/mol. The van der Waals surface area contributed by atoms with Crippen LogP contribution in [0.25, 0.3) is 17.1 Å². The molecule has 35 heavy (non-hydrogen) atoms. The standard InChI is InChI=1S/C21H21F3N8O2S/c1-13-16(9-25)26-6-3-18(13)31-11-17(28-12-31)19-15(21(22,23)24)10-27-20(30-19)29-14-4-7-32(8-5-14)35(2,33)34/h3,6,10-12,14H,4-5,7-8H2,1-2H3,(H,27,29,30). The molecule has 0 saturated carbocycles. The van der Waals surface area contributed by atoms with Gasteiger partial charge in [-0.3, -0.25) is 0 Å². The SMILES string of the molecule is Cc1c(-n2cnc(-c3nc(NC4CCN(S(C)(=O)=O)CC4)ncc3C(F)(F)F)c2)ccnc1C#N. The number of nitrogens with zero attached hydrogens (tertiary/aromatic N) is 7. The Morgan fingerprint density at radius 2 is 1.91 bits per heavy atom. The van der Waals surface area contributed by atoms with Gasteiger partial charge in [0, 0.05) is 43.3 Å². The van der Waals surface area contributed by atoms with Crippen LogP contribution in [0.15, 0.2) is 31.0 Å². The third kappa shape index (κ3) is 5.25. The average molecular weight is 507 g/mol. The Morgan fingerprint density at radius 3 is 2.54 bits per heavy atom. The van der Waals surface area contributed by atoms with Crippen molar-refractivity contribution in [1.29, 1.82) is 5.26 Å². The van der Waals surface area contributed by atoms with E-state index in [-0.39, 0.29) is 23.4 Å². The van der Waals surface area contributed by atoms with E-state index in [2.05, 4.69) is 25.3 Å². The molecule has 1 aliphatic heterocycles. The van der Waals surface area contributed by atoms with Crippen LogP contribution in [0.2, 0.25) is 0 Å². The third-order valence-corrected chi connectivity index (χ3v) is 7.04. The molecular formula is C21H21F3N8O2S. The molecule has 1 fully saturated rings. The first-order chi connectivity index (χ1) is 16.5. The molecule has 0 aromatic carbocycles. The van der Waals surface area contributed by atoms with Crippen LogP contribution in [0, 0.1) is 18.3 Å². The molecule has 0 amide bonds. The van der Waals surface area contributed by atoms with Crippen molar-refractivity contribution in [3.63, 3.8) is 0 Å². The van der Waals surface area contributed by atoms with Crippen molar-refractivity contribution >= 4 is 16.0 Å². The van der Waals surface area contributed by atoms with Crippen LogP contribution >= 0.6 is 0 Å². The number of alkyl halides is 3. The fraction of sp³-hybridized carbons (Fsp3) is 0.381. The Balaban J connectivity index is 1.64. The predicted octanol–water partition coefficient (Wildman–Crippen LogP) is 2.76. The first-order valence-electron chi connectivity index (χ1n) is 10.5. The van der Waals surface area contributed by atoms with E-state index in [1.54, 1.807) is 13.0 Å². The van der Waals surface area contributed by atoms with E-state index < -0.39 is 27.5 Å². The van der Waals surface area contributed by atoms with Crippen molar-refractivity contribution in [2.75, 3.05) is 24.7 Å². The summed E-state index contributed by atoms with van der Waals surface area (Å²) in [6.07, 6.45) is 2.24. The Labute approximate surface area is 199 Å². The molecule has 4 rings (SSSR count). The van der Waals surface area contributed by atoms with Crippen molar-refractivity contribution < 1.29 is 21.6 Å². The lowest BCUT2D eigenvalue weighted by Gasteiger charge is -2.30. The number of imidazole rings is 1. The minimum absolute atomic E-state index is 0.00721. The molecule has 0 aliphatic carbocycles. The number of halogens is 3. The minimum Gasteiger partial charge on any atom is -0.351 e. The van der Waals surface area contributed by atoms with Crippen molar-refractivity contribution in [3.05, 3.63) is 47.8 Å². The molecule has 3 aromatic heterocycles. The first-order valence-corrected chi connectivity index (χ1v) is 12.4. The lowest BCUT2D eigenvalue weighted by molar-refractivity contribution is -0.137. The van der Waals surface area contributed by atoms with Crippen molar-refractivity contribution in [3.8, 4) is 23.1 Å². The maximum atomic E-state index is 13.7. The molecule has 1 saturated heterocycles. The summed E-state index contributed by atoms with van der Waals surface area (Å²) in [7, 11) is -3.30. The summed E-state index contributed by atoms with van der Waals surface area (Å²) in [6.45, 7) is 2.28. The molecule has 0 unspecified atom stereocenters. The van der Waals surface area contributed by atoms with Crippen molar-refractivity contribution in [1.82, 2.24) is 28.8 Å². The lowest BCUT2D eigenvalue weighted by Crippen LogP contribution is -2.42. The van der Waals surface area contributed by atoms with Gasteiger partial charge in [0.25, 0.3) is 0 Å². The van der Waals surface area contributed by atoms with Crippen molar-refractivity contribution in [2.45, 2.75) is 32.0 Å². The van der Waals surface area contributed by atoms with Gasteiger partial charge in [0.1, 0.15) is 28.7 Å². The lowest BCUT2D eigenvalue weighted by atomic mass is 10.1. The highest BCUT2D eigenvalue weighted by Crippen LogP contribution is 2.36. The van der Waals surface area contributed by atoms with Crippen LogP contribution in [0.4, 0.5) is 19.1 Å². The third-order valence-electron chi connectivity index (χ3n) is 5.74. The summed E-state index contributed by atoms with van der Waals surface area (Å²) in [5.74, 6) is -0.00721. The van der Waals surface area contributed by atoms with Gasteiger partial charge in [-0.05, 0) is 25.8 Å².